The normalized spacial score (nSPS) is 12.6. The molecule has 0 bridgehead atoms. The molecule has 2 aromatic heterocycles. The van der Waals surface area contributed by atoms with E-state index in [0.717, 1.165) is 36.1 Å². The second kappa shape index (κ2) is 7.50. The minimum atomic E-state index is -0.171. The number of nitrogens with one attached hydrogen (secondary N) is 1. The van der Waals surface area contributed by atoms with Crippen LogP contribution < -0.4 is 5.32 Å². The summed E-state index contributed by atoms with van der Waals surface area (Å²) in [6, 6.07) is 10.1. The summed E-state index contributed by atoms with van der Waals surface area (Å²) in [6.07, 6.45) is 3.00. The number of nitrogens with zero attached hydrogens (tertiary/aromatic N) is 5. The Labute approximate surface area is 164 Å². The number of fused-ring (bicyclic) bond motifs is 1. The fraction of sp³-hybridized carbons (Fsp3) is 0.278. The Hall–Kier alpha value is -2.70. The molecule has 0 fully saturated rings. The zero-order valence-electron chi connectivity index (χ0n) is 14.6. The number of hydrogen-bond donors (Lipinski definition) is 1. The average Bonchev–Trinajstić information content (AvgIpc) is 3.36. The Morgan fingerprint density at radius 3 is 2.96 bits per heavy atom. The molecule has 0 unspecified atom stereocenters. The second-order valence-electron chi connectivity index (χ2n) is 6.22. The first kappa shape index (κ1) is 17.7. The number of hydrogen-bond acceptors (Lipinski definition) is 7. The first-order chi connectivity index (χ1) is 13.2. The highest BCUT2D eigenvalue weighted by Gasteiger charge is 2.23. The van der Waals surface area contributed by atoms with Crippen LogP contribution in [0.1, 0.15) is 28.0 Å². The van der Waals surface area contributed by atoms with Crippen LogP contribution in [0.4, 0.5) is 5.00 Å². The fourth-order valence-corrected chi connectivity index (χ4v) is 4.97. The lowest BCUT2D eigenvalue weighted by Gasteiger charge is -2.05. The molecule has 0 radical (unpaired) electrons. The van der Waals surface area contributed by atoms with Crippen LogP contribution >= 0.6 is 23.1 Å². The van der Waals surface area contributed by atoms with Gasteiger partial charge in [-0.15, -0.1) is 16.4 Å². The van der Waals surface area contributed by atoms with Gasteiger partial charge in [-0.3, -0.25) is 4.79 Å². The standard InChI is InChI=1S/C18H16N6OS2/c1-11-5-7-12(8-6-11)24-18(21-22-23-24)26-10-16(25)20-17-14(9-19)13-3-2-4-15(13)27-17/h5-8H,2-4,10H2,1H3,(H,20,25). The van der Waals surface area contributed by atoms with Crippen molar-refractivity contribution < 1.29 is 4.79 Å². The number of nitriles is 1. The Balaban J connectivity index is 1.43. The summed E-state index contributed by atoms with van der Waals surface area (Å²) in [7, 11) is 0. The van der Waals surface area contributed by atoms with E-state index in [9.17, 15) is 10.1 Å². The fourth-order valence-electron chi connectivity index (χ4n) is 3.02. The van der Waals surface area contributed by atoms with E-state index in [1.54, 1.807) is 4.68 Å². The van der Waals surface area contributed by atoms with Crippen LogP contribution in [0, 0.1) is 18.3 Å². The van der Waals surface area contributed by atoms with E-state index < -0.39 is 0 Å². The molecule has 0 saturated carbocycles. The molecule has 136 valence electrons. The van der Waals surface area contributed by atoms with Gasteiger partial charge in [-0.05, 0) is 54.3 Å². The van der Waals surface area contributed by atoms with E-state index in [-0.39, 0.29) is 11.7 Å². The van der Waals surface area contributed by atoms with E-state index in [4.69, 9.17) is 0 Å². The molecule has 0 spiro atoms. The Kier molecular flexibility index (Phi) is 4.92. The summed E-state index contributed by atoms with van der Waals surface area (Å²) in [5, 5.41) is 25.2. The molecular weight excluding hydrogens is 380 g/mol. The van der Waals surface area contributed by atoms with Crippen LogP contribution in [0.5, 0.6) is 0 Å². The van der Waals surface area contributed by atoms with Gasteiger partial charge in [-0.1, -0.05) is 29.5 Å². The van der Waals surface area contributed by atoms with Crippen LogP contribution in [-0.2, 0) is 17.6 Å². The lowest BCUT2D eigenvalue weighted by Crippen LogP contribution is -2.14. The van der Waals surface area contributed by atoms with Crippen molar-refractivity contribution in [2.75, 3.05) is 11.1 Å². The predicted molar refractivity (Wildman–Crippen MR) is 104 cm³/mol. The highest BCUT2D eigenvalue weighted by atomic mass is 32.2. The van der Waals surface area contributed by atoms with E-state index in [2.05, 4.69) is 26.9 Å². The number of carbonyl (C=O) groups excluding carboxylic acids is 1. The van der Waals surface area contributed by atoms with Gasteiger partial charge in [-0.2, -0.15) is 9.94 Å². The third-order valence-corrected chi connectivity index (χ3v) is 6.46. The van der Waals surface area contributed by atoms with Crippen molar-refractivity contribution in [3.8, 4) is 11.8 Å². The molecule has 1 aromatic carbocycles. The number of rotatable bonds is 5. The number of carbonyl (C=O) groups is 1. The summed E-state index contributed by atoms with van der Waals surface area (Å²) in [4.78, 5) is 13.6. The third kappa shape index (κ3) is 3.59. The van der Waals surface area contributed by atoms with Crippen molar-refractivity contribution in [1.29, 1.82) is 5.26 Å². The number of thiophene rings is 1. The average molecular weight is 397 g/mol. The molecule has 9 heteroatoms. The van der Waals surface area contributed by atoms with Crippen LogP contribution in [0.2, 0.25) is 0 Å². The molecular formula is C18H16N6OS2. The molecule has 1 N–H and O–H groups in total. The topological polar surface area (TPSA) is 96.5 Å². The van der Waals surface area contributed by atoms with Gasteiger partial charge in [0.25, 0.3) is 0 Å². The third-order valence-electron chi connectivity index (χ3n) is 4.34. The minimum absolute atomic E-state index is 0.166. The quantitative estimate of drug-likeness (QED) is 0.666. The maximum atomic E-state index is 12.4. The van der Waals surface area contributed by atoms with Crippen LogP contribution in [0.25, 0.3) is 5.69 Å². The summed E-state index contributed by atoms with van der Waals surface area (Å²) < 4.78 is 1.61. The first-order valence-corrected chi connectivity index (χ1v) is 10.3. The lowest BCUT2D eigenvalue weighted by atomic mass is 10.1. The smallest absolute Gasteiger partial charge is 0.235 e. The maximum Gasteiger partial charge on any atom is 0.235 e. The molecule has 4 rings (SSSR count). The Morgan fingerprint density at radius 2 is 2.19 bits per heavy atom. The molecule has 0 saturated heterocycles. The van der Waals surface area contributed by atoms with Crippen LogP contribution in [0.3, 0.4) is 0 Å². The van der Waals surface area contributed by atoms with Crippen LogP contribution in [-0.4, -0.2) is 31.9 Å². The molecule has 1 aliphatic carbocycles. The first-order valence-electron chi connectivity index (χ1n) is 8.48. The van der Waals surface area contributed by atoms with Crippen molar-refractivity contribution in [2.24, 2.45) is 0 Å². The number of tetrazole rings is 1. The summed E-state index contributed by atoms with van der Waals surface area (Å²) in [6.45, 7) is 2.01. The second-order valence-corrected chi connectivity index (χ2v) is 8.27. The number of amides is 1. The van der Waals surface area contributed by atoms with Crippen molar-refractivity contribution >= 4 is 34.0 Å². The molecule has 1 amide bonds. The van der Waals surface area contributed by atoms with Gasteiger partial charge in [0.05, 0.1) is 17.0 Å². The van der Waals surface area contributed by atoms with Gasteiger partial charge >= 0.3 is 0 Å². The Morgan fingerprint density at radius 1 is 1.37 bits per heavy atom. The van der Waals surface area contributed by atoms with E-state index in [0.29, 0.717) is 15.7 Å². The number of aryl methyl sites for hydroxylation is 2. The number of benzene rings is 1. The molecule has 1 aliphatic rings. The van der Waals surface area contributed by atoms with Crippen molar-refractivity contribution in [3.05, 3.63) is 45.8 Å². The van der Waals surface area contributed by atoms with Gasteiger partial charge in [0, 0.05) is 4.88 Å². The van der Waals surface area contributed by atoms with Gasteiger partial charge in [0.15, 0.2) is 0 Å². The van der Waals surface area contributed by atoms with Gasteiger partial charge in [-0.25, -0.2) is 0 Å². The SMILES string of the molecule is Cc1ccc(-n2nnnc2SCC(=O)Nc2sc3c(c2C#N)CCC3)cc1. The largest absolute Gasteiger partial charge is 0.316 e. The summed E-state index contributed by atoms with van der Waals surface area (Å²) in [5.41, 5.74) is 3.72. The lowest BCUT2D eigenvalue weighted by molar-refractivity contribution is -0.113. The molecule has 3 aromatic rings. The van der Waals surface area contributed by atoms with Crippen molar-refractivity contribution in [2.45, 2.75) is 31.3 Å². The van der Waals surface area contributed by atoms with Crippen molar-refractivity contribution in [1.82, 2.24) is 20.2 Å². The number of aromatic nitrogens is 4. The Bertz CT molecular complexity index is 1030. The van der Waals surface area contributed by atoms with Gasteiger partial charge in [0.1, 0.15) is 11.1 Å². The molecule has 0 aliphatic heterocycles. The predicted octanol–water partition coefficient (Wildman–Crippen LogP) is 3.12. The molecule has 2 heterocycles. The van der Waals surface area contributed by atoms with E-state index in [1.807, 2.05) is 31.2 Å². The molecule has 27 heavy (non-hydrogen) atoms. The summed E-state index contributed by atoms with van der Waals surface area (Å²) >= 11 is 2.78. The highest BCUT2D eigenvalue weighted by Crippen LogP contribution is 2.38. The van der Waals surface area contributed by atoms with Crippen LogP contribution in [0.15, 0.2) is 29.4 Å². The maximum absolute atomic E-state index is 12.4. The van der Waals surface area contributed by atoms with E-state index >= 15 is 0 Å². The molecule has 7 nitrogen and oxygen atoms in total. The monoisotopic (exact) mass is 396 g/mol. The van der Waals surface area contributed by atoms with E-state index in [1.165, 1.54) is 28.0 Å². The molecule has 0 atom stereocenters. The zero-order valence-corrected chi connectivity index (χ0v) is 16.2. The minimum Gasteiger partial charge on any atom is -0.316 e. The van der Waals surface area contributed by atoms with Gasteiger partial charge in [0.2, 0.25) is 11.1 Å². The number of anilines is 1. The van der Waals surface area contributed by atoms with Gasteiger partial charge < -0.3 is 5.32 Å². The number of thioether (sulfide) groups is 1. The summed E-state index contributed by atoms with van der Waals surface area (Å²) in [5.74, 6) is -0.00507. The highest BCUT2D eigenvalue weighted by molar-refractivity contribution is 7.99. The van der Waals surface area contributed by atoms with Crippen molar-refractivity contribution in [3.63, 3.8) is 0 Å². The zero-order chi connectivity index (χ0) is 18.8.